The van der Waals surface area contributed by atoms with Gasteiger partial charge in [-0.2, -0.15) is 0 Å². The number of halogens is 2. The van der Waals surface area contributed by atoms with Crippen molar-refractivity contribution >= 4 is 15.9 Å². The number of nitrogens with one attached hydrogen (secondary N) is 1. The van der Waals surface area contributed by atoms with Crippen LogP contribution in [-0.4, -0.2) is 6.54 Å². The molecule has 1 unspecified atom stereocenters. The largest absolute Gasteiger partial charge is 0.310 e. The van der Waals surface area contributed by atoms with Crippen molar-refractivity contribution in [3.05, 3.63) is 69.9 Å². The predicted molar refractivity (Wildman–Crippen MR) is 89.9 cm³/mol. The summed E-state index contributed by atoms with van der Waals surface area (Å²) in [7, 11) is 0. The molecule has 2 rings (SSSR count). The minimum absolute atomic E-state index is 0.175. The van der Waals surface area contributed by atoms with Gasteiger partial charge in [-0.25, -0.2) is 4.39 Å². The molecular weight excluding hydrogens is 329 g/mol. The molecular formula is C18H21BrFN. The van der Waals surface area contributed by atoms with Gasteiger partial charge < -0.3 is 5.32 Å². The lowest BCUT2D eigenvalue weighted by atomic mass is 9.99. The lowest BCUT2D eigenvalue weighted by Gasteiger charge is -2.19. The van der Waals surface area contributed by atoms with Crippen LogP contribution in [0.15, 0.2) is 53.0 Å². The molecule has 0 spiro atoms. The second-order valence-corrected chi connectivity index (χ2v) is 6.05. The zero-order valence-corrected chi connectivity index (χ0v) is 13.9. The average molecular weight is 350 g/mol. The first kappa shape index (κ1) is 16.2. The highest BCUT2D eigenvalue weighted by molar-refractivity contribution is 9.10. The van der Waals surface area contributed by atoms with Gasteiger partial charge >= 0.3 is 0 Å². The van der Waals surface area contributed by atoms with Crippen molar-refractivity contribution in [3.63, 3.8) is 0 Å². The lowest BCUT2D eigenvalue weighted by molar-refractivity contribution is 0.498. The van der Waals surface area contributed by atoms with Crippen LogP contribution >= 0.6 is 15.9 Å². The number of aryl methyl sites for hydroxylation is 1. The van der Waals surface area contributed by atoms with E-state index in [9.17, 15) is 4.39 Å². The molecule has 0 aliphatic heterocycles. The Hall–Kier alpha value is -1.19. The van der Waals surface area contributed by atoms with Crippen LogP contribution in [0.2, 0.25) is 0 Å². The minimum atomic E-state index is -0.175. The molecule has 2 aromatic rings. The number of rotatable bonds is 7. The monoisotopic (exact) mass is 349 g/mol. The first-order chi connectivity index (χ1) is 10.2. The summed E-state index contributed by atoms with van der Waals surface area (Å²) in [5, 5.41) is 3.58. The van der Waals surface area contributed by atoms with Crippen LogP contribution in [0.4, 0.5) is 4.39 Å². The van der Waals surface area contributed by atoms with Crippen LogP contribution in [0.1, 0.15) is 36.9 Å². The third kappa shape index (κ3) is 4.94. The van der Waals surface area contributed by atoms with Crippen molar-refractivity contribution in [2.75, 3.05) is 6.54 Å². The quantitative estimate of drug-likeness (QED) is 0.718. The molecule has 0 saturated carbocycles. The molecule has 2 aromatic carbocycles. The van der Waals surface area contributed by atoms with Crippen molar-refractivity contribution in [2.24, 2.45) is 0 Å². The maximum atomic E-state index is 13.4. The molecule has 21 heavy (non-hydrogen) atoms. The highest BCUT2D eigenvalue weighted by atomic mass is 79.9. The van der Waals surface area contributed by atoms with E-state index < -0.39 is 0 Å². The first-order valence-corrected chi connectivity index (χ1v) is 8.22. The standard InChI is InChI=1S/C18H21BrFN/c1-2-12-21-18(14-6-4-3-5-7-14)11-8-15-13-16(20)9-10-17(15)19/h3-7,9-10,13,18,21H,2,8,11-12H2,1H3. The van der Waals surface area contributed by atoms with Gasteiger partial charge in [0.1, 0.15) is 5.82 Å². The van der Waals surface area contributed by atoms with Crippen LogP contribution in [0, 0.1) is 5.82 Å². The van der Waals surface area contributed by atoms with Crippen molar-refractivity contribution in [3.8, 4) is 0 Å². The van der Waals surface area contributed by atoms with Crippen molar-refractivity contribution in [1.29, 1.82) is 0 Å². The second kappa shape index (κ2) is 8.30. The Balaban J connectivity index is 2.07. The Bertz CT molecular complexity index is 556. The fourth-order valence-corrected chi connectivity index (χ4v) is 2.87. The van der Waals surface area contributed by atoms with Crippen molar-refractivity contribution in [2.45, 2.75) is 32.2 Å². The topological polar surface area (TPSA) is 12.0 Å². The Labute approximate surface area is 134 Å². The molecule has 1 N–H and O–H groups in total. The van der Waals surface area contributed by atoms with Gasteiger partial charge in [-0.05, 0) is 55.1 Å². The molecule has 0 aliphatic carbocycles. The molecule has 1 nitrogen and oxygen atoms in total. The molecule has 0 bridgehead atoms. The maximum Gasteiger partial charge on any atom is 0.123 e. The maximum absolute atomic E-state index is 13.4. The fraction of sp³-hybridized carbons (Fsp3) is 0.333. The average Bonchev–Trinajstić information content (AvgIpc) is 2.51. The molecule has 3 heteroatoms. The summed E-state index contributed by atoms with van der Waals surface area (Å²) in [5.74, 6) is -0.175. The minimum Gasteiger partial charge on any atom is -0.310 e. The summed E-state index contributed by atoms with van der Waals surface area (Å²) in [4.78, 5) is 0. The van der Waals surface area contributed by atoms with Crippen LogP contribution < -0.4 is 5.32 Å². The van der Waals surface area contributed by atoms with E-state index in [1.807, 2.05) is 6.07 Å². The summed E-state index contributed by atoms with van der Waals surface area (Å²) < 4.78 is 14.3. The van der Waals surface area contributed by atoms with Crippen LogP contribution in [0.3, 0.4) is 0 Å². The Morgan fingerprint density at radius 1 is 1.14 bits per heavy atom. The highest BCUT2D eigenvalue weighted by Gasteiger charge is 2.11. The van der Waals surface area contributed by atoms with Gasteiger partial charge in [0.25, 0.3) is 0 Å². The third-order valence-corrected chi connectivity index (χ3v) is 4.33. The molecule has 112 valence electrons. The second-order valence-electron chi connectivity index (χ2n) is 5.19. The Morgan fingerprint density at radius 3 is 2.62 bits per heavy atom. The van der Waals surface area contributed by atoms with Crippen LogP contribution in [0.5, 0.6) is 0 Å². The highest BCUT2D eigenvalue weighted by Crippen LogP contribution is 2.24. The van der Waals surface area contributed by atoms with E-state index in [4.69, 9.17) is 0 Å². The molecule has 0 heterocycles. The molecule has 0 aliphatic rings. The van der Waals surface area contributed by atoms with Gasteiger partial charge in [0, 0.05) is 10.5 Å². The molecule has 0 amide bonds. The number of hydrogen-bond donors (Lipinski definition) is 1. The van der Waals surface area contributed by atoms with E-state index in [0.29, 0.717) is 6.04 Å². The zero-order valence-electron chi connectivity index (χ0n) is 12.3. The Kier molecular flexibility index (Phi) is 6.40. The zero-order chi connectivity index (χ0) is 15.1. The van der Waals surface area contributed by atoms with E-state index in [0.717, 1.165) is 35.8 Å². The molecule has 0 fully saturated rings. The van der Waals surface area contributed by atoms with E-state index >= 15 is 0 Å². The van der Waals surface area contributed by atoms with E-state index in [-0.39, 0.29) is 5.82 Å². The van der Waals surface area contributed by atoms with Gasteiger partial charge in [0.15, 0.2) is 0 Å². The first-order valence-electron chi connectivity index (χ1n) is 7.43. The van der Waals surface area contributed by atoms with Crippen LogP contribution in [-0.2, 0) is 6.42 Å². The van der Waals surface area contributed by atoms with Gasteiger partial charge in [-0.15, -0.1) is 0 Å². The van der Waals surface area contributed by atoms with Gasteiger partial charge in [0.2, 0.25) is 0 Å². The summed E-state index contributed by atoms with van der Waals surface area (Å²) in [6.45, 7) is 3.15. The molecule has 0 aromatic heterocycles. The van der Waals surface area contributed by atoms with Gasteiger partial charge in [0.05, 0.1) is 0 Å². The molecule has 1 atom stereocenters. The van der Waals surface area contributed by atoms with Gasteiger partial charge in [-0.1, -0.05) is 53.2 Å². The predicted octanol–water partition coefficient (Wildman–Crippen LogP) is 5.26. The molecule has 0 radical (unpaired) electrons. The smallest absolute Gasteiger partial charge is 0.123 e. The van der Waals surface area contributed by atoms with Gasteiger partial charge in [-0.3, -0.25) is 0 Å². The lowest BCUT2D eigenvalue weighted by Crippen LogP contribution is -2.22. The van der Waals surface area contributed by atoms with E-state index in [2.05, 4.69) is 52.4 Å². The van der Waals surface area contributed by atoms with E-state index in [1.54, 1.807) is 12.1 Å². The summed E-state index contributed by atoms with van der Waals surface area (Å²) in [6, 6.07) is 15.6. The SMILES string of the molecule is CCCNC(CCc1cc(F)ccc1Br)c1ccccc1. The summed E-state index contributed by atoms with van der Waals surface area (Å²) in [5.41, 5.74) is 2.31. The number of benzene rings is 2. The summed E-state index contributed by atoms with van der Waals surface area (Å²) >= 11 is 3.50. The van der Waals surface area contributed by atoms with Crippen molar-refractivity contribution < 1.29 is 4.39 Å². The van der Waals surface area contributed by atoms with Crippen LogP contribution in [0.25, 0.3) is 0 Å². The molecule has 0 saturated heterocycles. The summed E-state index contributed by atoms with van der Waals surface area (Å²) in [6.07, 6.45) is 2.90. The Morgan fingerprint density at radius 2 is 1.90 bits per heavy atom. The number of hydrogen-bond acceptors (Lipinski definition) is 1. The third-order valence-electron chi connectivity index (χ3n) is 3.55. The van der Waals surface area contributed by atoms with E-state index in [1.165, 1.54) is 11.6 Å². The fourth-order valence-electron chi connectivity index (χ4n) is 2.43. The van der Waals surface area contributed by atoms with Crippen molar-refractivity contribution in [1.82, 2.24) is 5.32 Å². The normalized spacial score (nSPS) is 12.3.